The zero-order valence-corrected chi connectivity index (χ0v) is 14.6. The molecule has 4 nitrogen and oxygen atoms in total. The van der Waals surface area contributed by atoms with E-state index in [1.165, 1.54) is 32.1 Å². The zero-order chi connectivity index (χ0) is 15.9. The zero-order valence-electron chi connectivity index (χ0n) is 13.8. The van der Waals surface area contributed by atoms with Gasteiger partial charge in [0.2, 0.25) is 5.91 Å². The summed E-state index contributed by atoms with van der Waals surface area (Å²) in [6.45, 7) is 3.79. The van der Waals surface area contributed by atoms with Crippen LogP contribution in [0.4, 0.5) is 0 Å². The summed E-state index contributed by atoms with van der Waals surface area (Å²) in [5.41, 5.74) is 0. The maximum Gasteiger partial charge on any atom is 0.221 e. The molecule has 5 heteroatoms. The first kappa shape index (κ1) is 16.3. The third-order valence-corrected chi connectivity index (χ3v) is 7.78. The van der Waals surface area contributed by atoms with Gasteiger partial charge in [-0.2, -0.15) is 0 Å². The van der Waals surface area contributed by atoms with Crippen molar-refractivity contribution in [2.24, 2.45) is 29.6 Å². The van der Waals surface area contributed by atoms with Crippen LogP contribution in [0.2, 0.25) is 0 Å². The second kappa shape index (κ2) is 6.14. The molecule has 4 fully saturated rings. The van der Waals surface area contributed by atoms with Gasteiger partial charge in [-0.3, -0.25) is 4.79 Å². The van der Waals surface area contributed by atoms with Crippen molar-refractivity contribution >= 4 is 15.7 Å². The van der Waals surface area contributed by atoms with E-state index in [-0.39, 0.29) is 29.8 Å². The van der Waals surface area contributed by atoms with Crippen molar-refractivity contribution in [1.29, 1.82) is 0 Å². The van der Waals surface area contributed by atoms with Crippen LogP contribution in [-0.4, -0.2) is 31.9 Å². The number of sulfone groups is 1. The number of nitrogens with one attached hydrogen (secondary N) is 1. The van der Waals surface area contributed by atoms with E-state index in [1.807, 2.05) is 13.8 Å². The number of carbonyl (C=O) groups excluding carboxylic acids is 1. The summed E-state index contributed by atoms with van der Waals surface area (Å²) >= 11 is 0. The second-order valence-corrected chi connectivity index (χ2v) is 10.5. The first-order valence-corrected chi connectivity index (χ1v) is 10.6. The Morgan fingerprint density at radius 3 is 2.09 bits per heavy atom. The molecule has 0 atom stereocenters. The summed E-state index contributed by atoms with van der Waals surface area (Å²) in [5.74, 6) is 3.30. The van der Waals surface area contributed by atoms with Gasteiger partial charge in [0.15, 0.2) is 9.84 Å². The lowest BCUT2D eigenvalue weighted by Crippen LogP contribution is -2.55. The molecule has 0 aromatic rings. The molecule has 1 amide bonds. The summed E-state index contributed by atoms with van der Waals surface area (Å²) in [6.07, 6.45) is 6.60. The highest BCUT2D eigenvalue weighted by Crippen LogP contribution is 2.53. The molecule has 0 radical (unpaired) electrons. The quantitative estimate of drug-likeness (QED) is 0.815. The predicted octanol–water partition coefficient (Wildman–Crippen LogP) is 2.39. The summed E-state index contributed by atoms with van der Waals surface area (Å²) in [7, 11) is -3.10. The average molecular weight is 327 g/mol. The standard InChI is InChI=1S/C17H29NO3S/c1-11(2)10-22(20,21)4-3-16(19)18-17-14-6-12-5-13(8-14)9-15(17)7-12/h11-15,17H,3-10H2,1-2H3,(H,18,19). The average Bonchev–Trinajstić information content (AvgIpc) is 2.38. The van der Waals surface area contributed by atoms with E-state index >= 15 is 0 Å². The molecule has 0 spiro atoms. The molecule has 4 aliphatic carbocycles. The minimum absolute atomic E-state index is 0.00961. The molecule has 22 heavy (non-hydrogen) atoms. The van der Waals surface area contributed by atoms with Gasteiger partial charge in [-0.25, -0.2) is 8.42 Å². The molecule has 126 valence electrons. The van der Waals surface area contributed by atoms with E-state index < -0.39 is 9.84 Å². The molecule has 4 bridgehead atoms. The molecule has 0 aromatic carbocycles. The first-order chi connectivity index (χ1) is 10.3. The van der Waals surface area contributed by atoms with Crippen LogP contribution in [0.3, 0.4) is 0 Å². The van der Waals surface area contributed by atoms with Gasteiger partial charge in [0.1, 0.15) is 0 Å². The fourth-order valence-corrected chi connectivity index (χ4v) is 6.94. The van der Waals surface area contributed by atoms with E-state index in [9.17, 15) is 13.2 Å². The van der Waals surface area contributed by atoms with E-state index in [1.54, 1.807) is 0 Å². The van der Waals surface area contributed by atoms with Crippen LogP contribution in [-0.2, 0) is 14.6 Å². The molecule has 0 aromatic heterocycles. The summed E-state index contributed by atoms with van der Waals surface area (Å²) in [4.78, 5) is 12.2. The van der Waals surface area contributed by atoms with Gasteiger partial charge in [0, 0.05) is 12.5 Å². The van der Waals surface area contributed by atoms with Crippen molar-refractivity contribution in [2.75, 3.05) is 11.5 Å². The lowest BCUT2D eigenvalue weighted by molar-refractivity contribution is -0.124. The van der Waals surface area contributed by atoms with Crippen LogP contribution < -0.4 is 5.32 Å². The van der Waals surface area contributed by atoms with E-state index in [2.05, 4.69) is 5.32 Å². The summed E-state index contributed by atoms with van der Waals surface area (Å²) in [6, 6.07) is 0.313. The molecular formula is C17H29NO3S. The van der Waals surface area contributed by atoms with Crippen LogP contribution >= 0.6 is 0 Å². The number of amides is 1. The van der Waals surface area contributed by atoms with Gasteiger partial charge in [0.05, 0.1) is 11.5 Å². The molecule has 0 aliphatic heterocycles. The van der Waals surface area contributed by atoms with Gasteiger partial charge in [-0.15, -0.1) is 0 Å². The maximum absolute atomic E-state index is 12.2. The topological polar surface area (TPSA) is 63.2 Å². The van der Waals surface area contributed by atoms with Gasteiger partial charge in [0.25, 0.3) is 0 Å². The number of hydrogen-bond acceptors (Lipinski definition) is 3. The minimum Gasteiger partial charge on any atom is -0.353 e. The Kier molecular flexibility index (Phi) is 4.54. The number of rotatable bonds is 6. The third kappa shape index (κ3) is 3.66. The highest BCUT2D eigenvalue weighted by Gasteiger charge is 2.48. The fraction of sp³-hybridized carbons (Fsp3) is 0.941. The van der Waals surface area contributed by atoms with Gasteiger partial charge in [-0.1, -0.05) is 13.8 Å². The Hall–Kier alpha value is -0.580. The molecule has 4 saturated carbocycles. The van der Waals surface area contributed by atoms with Crippen LogP contribution in [0.25, 0.3) is 0 Å². The molecule has 4 aliphatic rings. The van der Waals surface area contributed by atoms with Crippen molar-refractivity contribution in [3.8, 4) is 0 Å². The molecule has 0 heterocycles. The van der Waals surface area contributed by atoms with Gasteiger partial charge < -0.3 is 5.32 Å². The second-order valence-electron chi connectivity index (χ2n) is 8.28. The Morgan fingerprint density at radius 1 is 1.05 bits per heavy atom. The summed E-state index contributed by atoms with van der Waals surface area (Å²) in [5, 5.41) is 3.18. The predicted molar refractivity (Wildman–Crippen MR) is 87.1 cm³/mol. The van der Waals surface area contributed by atoms with Crippen LogP contribution in [0.5, 0.6) is 0 Å². The molecule has 0 unspecified atom stereocenters. The van der Waals surface area contributed by atoms with Crippen LogP contribution in [0.15, 0.2) is 0 Å². The molecule has 1 N–H and O–H groups in total. The van der Waals surface area contributed by atoms with Crippen molar-refractivity contribution in [1.82, 2.24) is 5.32 Å². The van der Waals surface area contributed by atoms with Crippen molar-refractivity contribution in [3.63, 3.8) is 0 Å². The third-order valence-electron chi connectivity index (χ3n) is 5.78. The molecule has 4 rings (SSSR count). The lowest BCUT2D eigenvalue weighted by atomic mass is 9.54. The van der Waals surface area contributed by atoms with Crippen molar-refractivity contribution in [3.05, 3.63) is 0 Å². The van der Waals surface area contributed by atoms with E-state index in [0.717, 1.165) is 11.8 Å². The SMILES string of the molecule is CC(C)CS(=O)(=O)CCC(=O)NC1C2CC3CC(C2)CC1C3. The first-order valence-electron chi connectivity index (χ1n) is 8.82. The highest BCUT2D eigenvalue weighted by molar-refractivity contribution is 7.91. The highest BCUT2D eigenvalue weighted by atomic mass is 32.2. The maximum atomic E-state index is 12.2. The minimum atomic E-state index is -3.10. The monoisotopic (exact) mass is 327 g/mol. The Morgan fingerprint density at radius 2 is 1.59 bits per heavy atom. The van der Waals surface area contributed by atoms with Crippen molar-refractivity contribution in [2.45, 2.75) is 58.4 Å². The Labute approximate surface area is 134 Å². The van der Waals surface area contributed by atoms with Gasteiger partial charge in [-0.05, 0) is 61.7 Å². The van der Waals surface area contributed by atoms with Crippen LogP contribution in [0, 0.1) is 29.6 Å². The van der Waals surface area contributed by atoms with E-state index in [4.69, 9.17) is 0 Å². The number of hydrogen-bond donors (Lipinski definition) is 1. The Balaban J connectivity index is 1.50. The van der Waals surface area contributed by atoms with Crippen LogP contribution in [0.1, 0.15) is 52.4 Å². The normalized spacial score (nSPS) is 36.8. The summed E-state index contributed by atoms with van der Waals surface area (Å²) < 4.78 is 23.8. The molecular weight excluding hydrogens is 298 g/mol. The molecule has 0 saturated heterocycles. The lowest BCUT2D eigenvalue weighted by Gasteiger charge is -2.54. The van der Waals surface area contributed by atoms with Gasteiger partial charge >= 0.3 is 0 Å². The number of carbonyl (C=O) groups is 1. The van der Waals surface area contributed by atoms with E-state index in [0.29, 0.717) is 17.9 Å². The smallest absolute Gasteiger partial charge is 0.221 e. The largest absolute Gasteiger partial charge is 0.353 e. The fourth-order valence-electron chi connectivity index (χ4n) is 5.26. The van der Waals surface area contributed by atoms with Crippen molar-refractivity contribution < 1.29 is 13.2 Å². The Bertz CT molecular complexity index is 498.